The lowest BCUT2D eigenvalue weighted by atomic mass is 10.2. The van der Waals surface area contributed by atoms with Crippen LogP contribution in [-0.4, -0.2) is 68.4 Å². The zero-order valence-corrected chi connectivity index (χ0v) is 11.0. The van der Waals surface area contributed by atoms with Gasteiger partial charge in [0.1, 0.15) is 6.61 Å². The van der Waals surface area contributed by atoms with Gasteiger partial charge in [0.25, 0.3) is 0 Å². The Morgan fingerprint density at radius 2 is 2.11 bits per heavy atom. The zero-order valence-electron chi connectivity index (χ0n) is 11.0. The first-order chi connectivity index (χ1) is 8.79. The van der Waals surface area contributed by atoms with Gasteiger partial charge in [0, 0.05) is 51.7 Å². The molecule has 0 saturated carbocycles. The predicted molar refractivity (Wildman–Crippen MR) is 70.7 cm³/mol. The third-order valence-electron chi connectivity index (χ3n) is 3.31. The fourth-order valence-electron chi connectivity index (χ4n) is 2.26. The standard InChI is InChI=1S/C13H21N3O2/c1-18-11-13(17)16-8-6-15(7-9-16)10-12-4-2-3-5-14-12/h4-5H,2-3,6-11H2,1H3. The molecule has 0 radical (unpaired) electrons. The van der Waals surface area contributed by atoms with Crippen molar-refractivity contribution in [1.29, 1.82) is 0 Å². The van der Waals surface area contributed by atoms with Crippen LogP contribution >= 0.6 is 0 Å². The fourth-order valence-corrected chi connectivity index (χ4v) is 2.26. The van der Waals surface area contributed by atoms with E-state index in [1.807, 2.05) is 11.1 Å². The van der Waals surface area contributed by atoms with Gasteiger partial charge in [0.05, 0.1) is 0 Å². The number of aliphatic imine (C=N–C) groups is 1. The van der Waals surface area contributed by atoms with Gasteiger partial charge in [-0.1, -0.05) is 6.08 Å². The van der Waals surface area contributed by atoms with Crippen molar-refractivity contribution < 1.29 is 9.53 Å². The molecule has 2 heterocycles. The summed E-state index contributed by atoms with van der Waals surface area (Å²) in [4.78, 5) is 20.3. The molecule has 2 rings (SSSR count). The molecule has 0 aromatic rings. The summed E-state index contributed by atoms with van der Waals surface area (Å²) < 4.78 is 4.87. The molecule has 100 valence electrons. The van der Waals surface area contributed by atoms with Crippen LogP contribution in [0.3, 0.4) is 0 Å². The molecular formula is C13H21N3O2. The van der Waals surface area contributed by atoms with Gasteiger partial charge in [0.2, 0.25) is 5.91 Å². The first kappa shape index (κ1) is 13.2. The summed E-state index contributed by atoms with van der Waals surface area (Å²) in [5.41, 5.74) is 1.16. The van der Waals surface area contributed by atoms with Gasteiger partial charge in [-0.3, -0.25) is 14.7 Å². The van der Waals surface area contributed by atoms with E-state index in [1.165, 1.54) is 0 Å². The average Bonchev–Trinajstić information content (AvgIpc) is 2.41. The van der Waals surface area contributed by atoms with E-state index in [9.17, 15) is 4.79 Å². The van der Waals surface area contributed by atoms with E-state index in [0.29, 0.717) is 0 Å². The Labute approximate surface area is 108 Å². The normalized spacial score (nSPS) is 20.9. The van der Waals surface area contributed by atoms with Crippen LogP contribution in [0.1, 0.15) is 12.8 Å². The molecule has 0 aromatic heterocycles. The summed E-state index contributed by atoms with van der Waals surface area (Å²) in [7, 11) is 1.56. The second kappa shape index (κ2) is 6.66. The third kappa shape index (κ3) is 3.65. The molecular weight excluding hydrogens is 230 g/mol. The van der Waals surface area contributed by atoms with Crippen molar-refractivity contribution in [1.82, 2.24) is 9.80 Å². The Balaban J connectivity index is 1.74. The first-order valence-electron chi connectivity index (χ1n) is 6.50. The summed E-state index contributed by atoms with van der Waals surface area (Å²) in [6, 6.07) is 0. The van der Waals surface area contributed by atoms with E-state index in [1.54, 1.807) is 7.11 Å². The molecule has 0 aromatic carbocycles. The molecule has 2 aliphatic heterocycles. The molecule has 0 aliphatic carbocycles. The molecule has 0 atom stereocenters. The molecule has 0 N–H and O–H groups in total. The number of amides is 1. The highest BCUT2D eigenvalue weighted by Crippen LogP contribution is 2.10. The molecule has 1 fully saturated rings. The smallest absolute Gasteiger partial charge is 0.248 e. The van der Waals surface area contributed by atoms with Gasteiger partial charge in [0.15, 0.2) is 0 Å². The van der Waals surface area contributed by atoms with Crippen molar-refractivity contribution in [2.45, 2.75) is 12.8 Å². The number of allylic oxidation sites excluding steroid dienone is 1. The summed E-state index contributed by atoms with van der Waals surface area (Å²) in [5.74, 6) is 0.0899. The topological polar surface area (TPSA) is 45.1 Å². The molecule has 5 heteroatoms. The molecule has 0 spiro atoms. The lowest BCUT2D eigenvalue weighted by Gasteiger charge is -2.34. The lowest BCUT2D eigenvalue weighted by molar-refractivity contribution is -0.136. The van der Waals surface area contributed by atoms with E-state index < -0.39 is 0 Å². The Bertz CT molecular complexity index is 344. The van der Waals surface area contributed by atoms with Gasteiger partial charge < -0.3 is 9.64 Å². The van der Waals surface area contributed by atoms with Crippen LogP contribution in [0.25, 0.3) is 0 Å². The maximum atomic E-state index is 11.6. The SMILES string of the molecule is COCC(=O)N1CCN(CC2=CCCC=N2)CC1. The Morgan fingerprint density at radius 3 is 2.72 bits per heavy atom. The highest BCUT2D eigenvalue weighted by molar-refractivity contribution is 5.77. The van der Waals surface area contributed by atoms with Gasteiger partial charge >= 0.3 is 0 Å². The van der Waals surface area contributed by atoms with E-state index in [0.717, 1.165) is 51.3 Å². The highest BCUT2D eigenvalue weighted by atomic mass is 16.5. The third-order valence-corrected chi connectivity index (χ3v) is 3.31. The Hall–Kier alpha value is -1.20. The van der Waals surface area contributed by atoms with Crippen LogP contribution < -0.4 is 0 Å². The quantitative estimate of drug-likeness (QED) is 0.732. The van der Waals surface area contributed by atoms with Crippen molar-refractivity contribution >= 4 is 12.1 Å². The molecule has 0 unspecified atom stereocenters. The molecule has 5 nitrogen and oxygen atoms in total. The minimum absolute atomic E-state index is 0.0899. The number of hydrogen-bond donors (Lipinski definition) is 0. The average molecular weight is 251 g/mol. The summed E-state index contributed by atoms with van der Waals surface area (Å²) >= 11 is 0. The number of hydrogen-bond acceptors (Lipinski definition) is 4. The highest BCUT2D eigenvalue weighted by Gasteiger charge is 2.21. The van der Waals surface area contributed by atoms with Crippen LogP contribution in [0.15, 0.2) is 16.8 Å². The van der Waals surface area contributed by atoms with Crippen molar-refractivity contribution in [2.75, 3.05) is 46.4 Å². The molecule has 1 amide bonds. The number of ether oxygens (including phenoxy) is 1. The van der Waals surface area contributed by atoms with E-state index in [2.05, 4.69) is 16.0 Å². The van der Waals surface area contributed by atoms with Crippen LogP contribution in [0.2, 0.25) is 0 Å². The monoisotopic (exact) mass is 251 g/mol. The van der Waals surface area contributed by atoms with Crippen molar-refractivity contribution in [3.05, 3.63) is 11.8 Å². The molecule has 0 bridgehead atoms. The second-order valence-corrected chi connectivity index (χ2v) is 4.67. The van der Waals surface area contributed by atoms with Crippen LogP contribution in [-0.2, 0) is 9.53 Å². The number of carbonyl (C=O) groups is 1. The van der Waals surface area contributed by atoms with Gasteiger partial charge in [-0.05, 0) is 12.8 Å². The number of piperazine rings is 1. The summed E-state index contributed by atoms with van der Waals surface area (Å²) in [6.07, 6.45) is 6.37. The molecule has 18 heavy (non-hydrogen) atoms. The van der Waals surface area contributed by atoms with E-state index in [4.69, 9.17) is 4.74 Å². The van der Waals surface area contributed by atoms with Gasteiger partial charge in [-0.2, -0.15) is 0 Å². The van der Waals surface area contributed by atoms with Crippen LogP contribution in [0.5, 0.6) is 0 Å². The van der Waals surface area contributed by atoms with E-state index >= 15 is 0 Å². The molecule has 2 aliphatic rings. The van der Waals surface area contributed by atoms with Gasteiger partial charge in [-0.15, -0.1) is 0 Å². The number of rotatable bonds is 4. The minimum Gasteiger partial charge on any atom is -0.375 e. The van der Waals surface area contributed by atoms with Crippen molar-refractivity contribution in [2.24, 2.45) is 4.99 Å². The zero-order chi connectivity index (χ0) is 12.8. The lowest BCUT2D eigenvalue weighted by Crippen LogP contribution is -2.49. The number of carbonyl (C=O) groups excluding carboxylic acids is 1. The van der Waals surface area contributed by atoms with Crippen molar-refractivity contribution in [3.8, 4) is 0 Å². The van der Waals surface area contributed by atoms with Gasteiger partial charge in [-0.25, -0.2) is 0 Å². The fraction of sp³-hybridized carbons (Fsp3) is 0.692. The van der Waals surface area contributed by atoms with Crippen LogP contribution in [0.4, 0.5) is 0 Å². The second-order valence-electron chi connectivity index (χ2n) is 4.67. The Morgan fingerprint density at radius 1 is 1.33 bits per heavy atom. The minimum atomic E-state index is 0.0899. The number of methoxy groups -OCH3 is 1. The maximum Gasteiger partial charge on any atom is 0.248 e. The Kier molecular flexibility index (Phi) is 4.90. The largest absolute Gasteiger partial charge is 0.375 e. The first-order valence-corrected chi connectivity index (χ1v) is 6.50. The molecule has 1 saturated heterocycles. The summed E-state index contributed by atoms with van der Waals surface area (Å²) in [5, 5.41) is 0. The van der Waals surface area contributed by atoms with Crippen molar-refractivity contribution in [3.63, 3.8) is 0 Å². The maximum absolute atomic E-state index is 11.6. The number of nitrogens with zero attached hydrogens (tertiary/aromatic N) is 3. The van der Waals surface area contributed by atoms with E-state index in [-0.39, 0.29) is 12.5 Å². The summed E-state index contributed by atoms with van der Waals surface area (Å²) in [6.45, 7) is 4.52. The predicted octanol–water partition coefficient (Wildman–Crippen LogP) is 0.525. The van der Waals surface area contributed by atoms with Crippen LogP contribution in [0, 0.1) is 0 Å².